The zero-order valence-electron chi connectivity index (χ0n) is 15.4. The SMILES string of the molecule is Cc1nn(-c2ccccc2)c(C)c1CNC(=O)C1=Cc2ccccc2OC1. The van der Waals surface area contributed by atoms with Crippen LogP contribution in [0.1, 0.15) is 22.5 Å². The summed E-state index contributed by atoms with van der Waals surface area (Å²) >= 11 is 0. The molecule has 0 fully saturated rings. The third-order valence-electron chi connectivity index (χ3n) is 4.79. The van der Waals surface area contributed by atoms with Crippen LogP contribution in [0, 0.1) is 13.8 Å². The maximum atomic E-state index is 12.6. The number of rotatable bonds is 4. The number of nitrogens with zero attached hydrogens (tertiary/aromatic N) is 2. The molecule has 5 heteroatoms. The van der Waals surface area contributed by atoms with E-state index in [1.165, 1.54) is 0 Å². The summed E-state index contributed by atoms with van der Waals surface area (Å²) in [6, 6.07) is 17.7. The van der Waals surface area contributed by atoms with Crippen LogP contribution in [0.25, 0.3) is 11.8 Å². The molecule has 5 nitrogen and oxygen atoms in total. The van der Waals surface area contributed by atoms with Gasteiger partial charge in [-0.25, -0.2) is 4.68 Å². The number of amides is 1. The van der Waals surface area contributed by atoms with Crippen molar-refractivity contribution in [1.29, 1.82) is 0 Å². The number of carbonyl (C=O) groups excluding carboxylic acids is 1. The third-order valence-corrected chi connectivity index (χ3v) is 4.79. The Kier molecular flexibility index (Phi) is 4.50. The molecule has 136 valence electrons. The predicted octanol–water partition coefficient (Wildman–Crippen LogP) is 3.58. The molecule has 0 saturated heterocycles. The fourth-order valence-electron chi connectivity index (χ4n) is 3.28. The highest BCUT2D eigenvalue weighted by atomic mass is 16.5. The van der Waals surface area contributed by atoms with Gasteiger partial charge in [0.05, 0.1) is 17.0 Å². The highest BCUT2D eigenvalue weighted by Gasteiger charge is 2.18. The zero-order valence-corrected chi connectivity index (χ0v) is 15.4. The van der Waals surface area contributed by atoms with Crippen molar-refractivity contribution in [2.45, 2.75) is 20.4 Å². The molecule has 1 aliphatic heterocycles. The van der Waals surface area contributed by atoms with Gasteiger partial charge in [0, 0.05) is 23.4 Å². The van der Waals surface area contributed by atoms with Crippen LogP contribution in [-0.2, 0) is 11.3 Å². The lowest BCUT2D eigenvalue weighted by molar-refractivity contribution is -0.117. The second kappa shape index (κ2) is 7.11. The molecule has 4 rings (SSSR count). The lowest BCUT2D eigenvalue weighted by Crippen LogP contribution is -2.28. The third kappa shape index (κ3) is 3.36. The molecule has 1 aliphatic rings. The Morgan fingerprint density at radius 3 is 2.67 bits per heavy atom. The Bertz CT molecular complexity index is 1020. The summed E-state index contributed by atoms with van der Waals surface area (Å²) in [5.74, 6) is 0.695. The van der Waals surface area contributed by atoms with E-state index in [0.717, 1.165) is 34.0 Å². The normalized spacial score (nSPS) is 12.7. The summed E-state index contributed by atoms with van der Waals surface area (Å²) in [6.45, 7) is 4.70. The number of nitrogens with one attached hydrogen (secondary N) is 1. The van der Waals surface area contributed by atoms with E-state index in [1.54, 1.807) is 0 Å². The zero-order chi connectivity index (χ0) is 18.8. The standard InChI is InChI=1S/C22H21N3O2/c1-15-20(16(2)25(24-15)19-9-4-3-5-10-19)13-23-22(26)18-12-17-8-6-7-11-21(17)27-14-18/h3-12H,13-14H2,1-2H3,(H,23,26). The summed E-state index contributed by atoms with van der Waals surface area (Å²) in [5, 5.41) is 7.63. The maximum absolute atomic E-state index is 12.6. The first-order valence-electron chi connectivity index (χ1n) is 8.94. The van der Waals surface area contributed by atoms with E-state index in [4.69, 9.17) is 4.74 Å². The van der Waals surface area contributed by atoms with Crippen LogP contribution < -0.4 is 10.1 Å². The minimum Gasteiger partial charge on any atom is -0.488 e. The van der Waals surface area contributed by atoms with Gasteiger partial charge in [0.25, 0.3) is 5.91 Å². The predicted molar refractivity (Wildman–Crippen MR) is 105 cm³/mol. The fraction of sp³-hybridized carbons (Fsp3) is 0.182. The minimum absolute atomic E-state index is 0.115. The molecule has 0 spiro atoms. The van der Waals surface area contributed by atoms with Crippen molar-refractivity contribution < 1.29 is 9.53 Å². The first kappa shape index (κ1) is 17.1. The lowest BCUT2D eigenvalue weighted by Gasteiger charge is -2.17. The van der Waals surface area contributed by atoms with Gasteiger partial charge in [0.1, 0.15) is 12.4 Å². The number of aryl methyl sites for hydroxylation is 1. The van der Waals surface area contributed by atoms with Crippen molar-refractivity contribution in [2.24, 2.45) is 0 Å². The average molecular weight is 359 g/mol. The highest BCUT2D eigenvalue weighted by molar-refractivity contribution is 5.99. The van der Waals surface area contributed by atoms with Gasteiger partial charge in [0.2, 0.25) is 0 Å². The largest absolute Gasteiger partial charge is 0.488 e. The van der Waals surface area contributed by atoms with E-state index in [0.29, 0.717) is 12.1 Å². The van der Waals surface area contributed by atoms with E-state index in [9.17, 15) is 4.79 Å². The van der Waals surface area contributed by atoms with Gasteiger partial charge in [-0.2, -0.15) is 5.10 Å². The molecular formula is C22H21N3O2. The smallest absolute Gasteiger partial charge is 0.250 e. The Balaban J connectivity index is 1.51. The van der Waals surface area contributed by atoms with Crippen LogP contribution >= 0.6 is 0 Å². The summed E-state index contributed by atoms with van der Waals surface area (Å²) < 4.78 is 7.59. The van der Waals surface area contributed by atoms with E-state index >= 15 is 0 Å². The first-order chi connectivity index (χ1) is 13.1. The van der Waals surface area contributed by atoms with Crippen LogP contribution in [-0.4, -0.2) is 22.3 Å². The molecule has 2 aromatic carbocycles. The molecule has 0 atom stereocenters. The lowest BCUT2D eigenvalue weighted by atomic mass is 10.1. The van der Waals surface area contributed by atoms with Crippen LogP contribution in [0.2, 0.25) is 0 Å². The molecule has 2 heterocycles. The average Bonchev–Trinajstić information content (AvgIpc) is 3.00. The molecule has 3 aromatic rings. The van der Waals surface area contributed by atoms with E-state index in [1.807, 2.05) is 79.2 Å². The van der Waals surface area contributed by atoms with Crippen molar-refractivity contribution in [3.63, 3.8) is 0 Å². The van der Waals surface area contributed by atoms with Crippen LogP contribution in [0.4, 0.5) is 0 Å². The number of hydrogen-bond acceptors (Lipinski definition) is 3. The molecule has 1 N–H and O–H groups in total. The van der Waals surface area contributed by atoms with Gasteiger partial charge in [-0.15, -0.1) is 0 Å². The summed E-state index contributed by atoms with van der Waals surface area (Å²) in [7, 11) is 0. The van der Waals surface area contributed by atoms with Crippen molar-refractivity contribution >= 4 is 12.0 Å². The number of benzene rings is 2. The number of fused-ring (bicyclic) bond motifs is 1. The molecule has 0 aliphatic carbocycles. The van der Waals surface area contributed by atoms with Crippen LogP contribution in [0.15, 0.2) is 60.2 Å². The molecule has 1 aromatic heterocycles. The van der Waals surface area contributed by atoms with Gasteiger partial charge >= 0.3 is 0 Å². The Labute approximate surface area is 158 Å². The first-order valence-corrected chi connectivity index (χ1v) is 8.94. The van der Waals surface area contributed by atoms with E-state index in [-0.39, 0.29) is 12.5 Å². The molecular weight excluding hydrogens is 338 g/mol. The fourth-order valence-corrected chi connectivity index (χ4v) is 3.28. The highest BCUT2D eigenvalue weighted by Crippen LogP contribution is 2.26. The van der Waals surface area contributed by atoms with Crippen molar-refractivity contribution in [3.8, 4) is 11.4 Å². The number of aromatic nitrogens is 2. The second-order valence-corrected chi connectivity index (χ2v) is 6.58. The quantitative estimate of drug-likeness (QED) is 0.775. The second-order valence-electron chi connectivity index (χ2n) is 6.58. The maximum Gasteiger partial charge on any atom is 0.250 e. The number of ether oxygens (including phenoxy) is 1. The van der Waals surface area contributed by atoms with Gasteiger partial charge in [0.15, 0.2) is 0 Å². The molecule has 1 amide bonds. The number of hydrogen-bond donors (Lipinski definition) is 1. The Hall–Kier alpha value is -3.34. The molecule has 0 saturated carbocycles. The van der Waals surface area contributed by atoms with Crippen molar-refractivity contribution in [2.75, 3.05) is 6.61 Å². The topological polar surface area (TPSA) is 56.2 Å². The summed E-state index contributed by atoms with van der Waals surface area (Å²) in [6.07, 6.45) is 1.89. The van der Waals surface area contributed by atoms with Gasteiger partial charge in [-0.3, -0.25) is 4.79 Å². The van der Waals surface area contributed by atoms with Crippen LogP contribution in [0.5, 0.6) is 5.75 Å². The Morgan fingerprint density at radius 1 is 1.11 bits per heavy atom. The van der Waals surface area contributed by atoms with Crippen molar-refractivity contribution in [1.82, 2.24) is 15.1 Å². The van der Waals surface area contributed by atoms with E-state index < -0.39 is 0 Å². The Morgan fingerprint density at radius 2 is 1.85 bits per heavy atom. The summed E-state index contributed by atoms with van der Waals surface area (Å²) in [5.41, 5.74) is 5.53. The van der Waals surface area contributed by atoms with Crippen molar-refractivity contribution in [3.05, 3.63) is 82.7 Å². The number of carbonyl (C=O) groups is 1. The van der Waals surface area contributed by atoms with E-state index in [2.05, 4.69) is 10.4 Å². The van der Waals surface area contributed by atoms with Gasteiger partial charge in [-0.05, 0) is 38.1 Å². The van der Waals surface area contributed by atoms with Crippen LogP contribution in [0.3, 0.4) is 0 Å². The summed E-state index contributed by atoms with van der Waals surface area (Å²) in [4.78, 5) is 12.6. The minimum atomic E-state index is -0.115. The van der Waals surface area contributed by atoms with Gasteiger partial charge in [-0.1, -0.05) is 36.4 Å². The van der Waals surface area contributed by atoms with Gasteiger partial charge < -0.3 is 10.1 Å². The molecule has 27 heavy (non-hydrogen) atoms. The monoisotopic (exact) mass is 359 g/mol. The molecule has 0 unspecified atom stereocenters. The molecule has 0 bridgehead atoms. The number of para-hydroxylation sites is 2. The molecule has 0 radical (unpaired) electrons.